The van der Waals surface area contributed by atoms with E-state index < -0.39 is 0 Å². The zero-order valence-electron chi connectivity index (χ0n) is 5.64. The van der Waals surface area contributed by atoms with Gasteiger partial charge in [-0.3, -0.25) is 0 Å². The molecule has 0 N–H and O–H groups in total. The second-order valence-electron chi connectivity index (χ2n) is 1.43. The molecule has 0 aliphatic carbocycles. The maximum absolute atomic E-state index is 6.47. The van der Waals surface area contributed by atoms with Crippen LogP contribution < -0.4 is 0 Å². The molecular formula is C7H11O2. The predicted molar refractivity (Wildman–Crippen MR) is 34.4 cm³/mol. The average Bonchev–Trinajstić information content (AvgIpc) is 1.89. The van der Waals surface area contributed by atoms with Crippen molar-refractivity contribution in [3.63, 3.8) is 0 Å². The summed E-state index contributed by atoms with van der Waals surface area (Å²) in [7, 11) is 0. The van der Waals surface area contributed by atoms with Gasteiger partial charge in [-0.05, 0) is 13.3 Å². The third kappa shape index (κ3) is 7.48. The minimum absolute atomic E-state index is 0.271. The fourth-order valence-corrected chi connectivity index (χ4v) is 0.385. The molecule has 2 heteroatoms. The first kappa shape index (κ1) is 8.48. The van der Waals surface area contributed by atoms with E-state index >= 15 is 0 Å². The van der Waals surface area contributed by atoms with Gasteiger partial charge in [0.1, 0.15) is 6.61 Å². The van der Waals surface area contributed by atoms with Crippen LogP contribution in [0.1, 0.15) is 6.92 Å². The van der Waals surface area contributed by atoms with E-state index in [1.54, 1.807) is 0 Å². The van der Waals surface area contributed by atoms with E-state index in [1.165, 1.54) is 0 Å². The second kappa shape index (κ2) is 7.48. The fraction of sp³-hybridized carbons (Fsp3) is 0.714. The minimum Gasteiger partial charge on any atom is -0.379 e. The van der Waals surface area contributed by atoms with Crippen LogP contribution in [0.25, 0.3) is 0 Å². The molecule has 0 aromatic rings. The van der Waals surface area contributed by atoms with Crippen molar-refractivity contribution in [2.45, 2.75) is 6.92 Å². The van der Waals surface area contributed by atoms with Gasteiger partial charge in [0.05, 0.1) is 13.2 Å². The standard InChI is InChI=1S/C7H11O2/c1-3-5-9-7-6-8-4-2/h4-7H2,2H3. The van der Waals surface area contributed by atoms with Gasteiger partial charge in [0, 0.05) is 6.61 Å². The Morgan fingerprint density at radius 3 is 2.56 bits per heavy atom. The maximum Gasteiger partial charge on any atom is 0.108 e. The molecule has 51 valence electrons. The first-order valence-electron chi connectivity index (χ1n) is 2.97. The highest BCUT2D eigenvalue weighted by Crippen LogP contribution is 1.75. The van der Waals surface area contributed by atoms with Crippen LogP contribution >= 0.6 is 0 Å². The fourth-order valence-electron chi connectivity index (χ4n) is 0.385. The summed E-state index contributed by atoms with van der Waals surface area (Å²) in [4.78, 5) is 0. The van der Waals surface area contributed by atoms with Gasteiger partial charge in [0.2, 0.25) is 0 Å². The topological polar surface area (TPSA) is 18.5 Å². The first-order chi connectivity index (χ1) is 4.41. The van der Waals surface area contributed by atoms with E-state index in [0.717, 1.165) is 6.61 Å². The van der Waals surface area contributed by atoms with Gasteiger partial charge in [0.15, 0.2) is 0 Å². The van der Waals surface area contributed by atoms with E-state index in [9.17, 15) is 0 Å². The zero-order chi connectivity index (χ0) is 6.95. The molecular weight excluding hydrogens is 116 g/mol. The Hall–Kier alpha value is -0.520. The molecule has 0 atom stereocenters. The Morgan fingerprint density at radius 1 is 1.33 bits per heavy atom. The molecule has 1 radical (unpaired) electrons. The van der Waals surface area contributed by atoms with Gasteiger partial charge in [-0.2, -0.15) is 0 Å². The summed E-state index contributed by atoms with van der Waals surface area (Å²) in [6.07, 6.45) is 6.47. The van der Waals surface area contributed by atoms with Gasteiger partial charge in [0.25, 0.3) is 0 Å². The van der Waals surface area contributed by atoms with Gasteiger partial charge in [-0.1, -0.05) is 5.92 Å². The number of hydrogen-bond donors (Lipinski definition) is 0. The molecule has 0 amide bonds. The molecule has 0 saturated carbocycles. The lowest BCUT2D eigenvalue weighted by molar-refractivity contribution is 0.0662. The quantitative estimate of drug-likeness (QED) is 0.398. The highest BCUT2D eigenvalue weighted by Gasteiger charge is 1.82. The Labute approximate surface area is 56.2 Å². The van der Waals surface area contributed by atoms with Gasteiger partial charge >= 0.3 is 0 Å². The van der Waals surface area contributed by atoms with Crippen LogP contribution in [0.15, 0.2) is 0 Å². The molecule has 0 aromatic heterocycles. The molecule has 0 aromatic carbocycles. The third-order valence-electron chi connectivity index (χ3n) is 0.750. The van der Waals surface area contributed by atoms with E-state index in [-0.39, 0.29) is 6.61 Å². The van der Waals surface area contributed by atoms with Crippen molar-refractivity contribution < 1.29 is 9.47 Å². The molecule has 0 aliphatic rings. The summed E-state index contributed by atoms with van der Waals surface area (Å²) in [5.74, 6) is 2.12. The Morgan fingerprint density at radius 2 is 2.00 bits per heavy atom. The lowest BCUT2D eigenvalue weighted by atomic mass is 10.7. The number of ether oxygens (including phenoxy) is 2. The third-order valence-corrected chi connectivity index (χ3v) is 0.750. The van der Waals surface area contributed by atoms with E-state index in [2.05, 4.69) is 5.92 Å². The van der Waals surface area contributed by atoms with E-state index in [0.29, 0.717) is 13.2 Å². The van der Waals surface area contributed by atoms with Crippen molar-refractivity contribution in [2.75, 3.05) is 26.4 Å². The van der Waals surface area contributed by atoms with Crippen LogP contribution in [0.3, 0.4) is 0 Å². The maximum atomic E-state index is 6.47. The van der Waals surface area contributed by atoms with Crippen LogP contribution in [0, 0.1) is 12.3 Å². The minimum atomic E-state index is 0.271. The van der Waals surface area contributed by atoms with Crippen LogP contribution in [0.4, 0.5) is 0 Å². The van der Waals surface area contributed by atoms with Crippen LogP contribution in [-0.4, -0.2) is 26.4 Å². The molecule has 0 fully saturated rings. The SMILES string of the molecule is [C]#CCOCCOCC. The first-order valence-corrected chi connectivity index (χ1v) is 2.97. The van der Waals surface area contributed by atoms with E-state index in [1.807, 2.05) is 6.92 Å². The monoisotopic (exact) mass is 127 g/mol. The van der Waals surface area contributed by atoms with Gasteiger partial charge in [-0.15, -0.1) is 0 Å². The lowest BCUT2D eigenvalue weighted by Gasteiger charge is -1.98. The molecule has 0 rings (SSSR count). The van der Waals surface area contributed by atoms with Crippen LogP contribution in [0.2, 0.25) is 0 Å². The van der Waals surface area contributed by atoms with Gasteiger partial charge in [-0.25, -0.2) is 0 Å². The molecule has 0 aliphatic heterocycles. The Bertz CT molecular complexity index is 83.4. The highest BCUT2D eigenvalue weighted by atomic mass is 16.5. The molecule has 0 heterocycles. The van der Waals surface area contributed by atoms with Crippen LogP contribution in [0.5, 0.6) is 0 Å². The normalized spacial score (nSPS) is 8.89. The summed E-state index contributed by atoms with van der Waals surface area (Å²) in [6, 6.07) is 0. The van der Waals surface area contributed by atoms with E-state index in [4.69, 9.17) is 15.9 Å². The van der Waals surface area contributed by atoms with Crippen molar-refractivity contribution in [3.05, 3.63) is 6.42 Å². The number of rotatable bonds is 5. The Kier molecular flexibility index (Phi) is 7.05. The molecule has 0 bridgehead atoms. The second-order valence-corrected chi connectivity index (χ2v) is 1.43. The van der Waals surface area contributed by atoms with Crippen LogP contribution in [-0.2, 0) is 9.47 Å². The summed E-state index contributed by atoms with van der Waals surface area (Å²) < 4.78 is 9.83. The van der Waals surface area contributed by atoms with Crippen molar-refractivity contribution in [1.82, 2.24) is 0 Å². The molecule has 0 saturated heterocycles. The van der Waals surface area contributed by atoms with Crippen molar-refractivity contribution >= 4 is 0 Å². The summed E-state index contributed by atoms with van der Waals surface area (Å²) in [5.41, 5.74) is 0. The smallest absolute Gasteiger partial charge is 0.108 e. The summed E-state index contributed by atoms with van der Waals surface area (Å²) >= 11 is 0. The lowest BCUT2D eigenvalue weighted by Crippen LogP contribution is -2.03. The predicted octanol–water partition coefficient (Wildman–Crippen LogP) is 0.629. The van der Waals surface area contributed by atoms with Crippen molar-refractivity contribution in [1.29, 1.82) is 0 Å². The van der Waals surface area contributed by atoms with Gasteiger partial charge < -0.3 is 9.47 Å². The highest BCUT2D eigenvalue weighted by molar-refractivity contribution is 4.73. The molecule has 2 nitrogen and oxygen atoms in total. The number of hydrogen-bond acceptors (Lipinski definition) is 2. The average molecular weight is 127 g/mol. The summed E-state index contributed by atoms with van der Waals surface area (Å²) in [6.45, 7) is 4.09. The molecule has 0 spiro atoms. The largest absolute Gasteiger partial charge is 0.379 e. The summed E-state index contributed by atoms with van der Waals surface area (Å²) in [5, 5.41) is 0. The zero-order valence-corrected chi connectivity index (χ0v) is 5.64. The Balaban J connectivity index is 2.69. The molecule has 9 heavy (non-hydrogen) atoms. The molecule has 0 unspecified atom stereocenters. The van der Waals surface area contributed by atoms with Crippen molar-refractivity contribution in [2.24, 2.45) is 0 Å². The van der Waals surface area contributed by atoms with Crippen molar-refractivity contribution in [3.8, 4) is 5.92 Å².